The van der Waals surface area contributed by atoms with Crippen molar-refractivity contribution in [1.82, 2.24) is 0 Å². The number of carboxylic acids is 1. The van der Waals surface area contributed by atoms with Crippen molar-refractivity contribution in [3.8, 4) is 0 Å². The molecule has 0 saturated carbocycles. The van der Waals surface area contributed by atoms with Crippen LogP contribution in [0.3, 0.4) is 0 Å². The zero-order chi connectivity index (χ0) is 36.1. The van der Waals surface area contributed by atoms with E-state index >= 15 is 0 Å². The second kappa shape index (κ2) is 40.6. The Morgan fingerprint density at radius 3 is 1.22 bits per heavy atom. The van der Waals surface area contributed by atoms with Crippen LogP contribution in [0.15, 0.2) is 0 Å². The van der Waals surface area contributed by atoms with E-state index in [-0.39, 0.29) is 37.0 Å². The summed E-state index contributed by atoms with van der Waals surface area (Å²) in [6.45, 7) is 10.5. The molecule has 0 amide bonds. The first-order valence-corrected chi connectivity index (χ1v) is 30.9. The van der Waals surface area contributed by atoms with Gasteiger partial charge in [0.25, 0.3) is 20.2 Å². The third-order valence-electron chi connectivity index (χ3n) is 3.17. The molecule has 1 radical (unpaired) electrons. The first-order valence-electron chi connectivity index (χ1n) is 11.6. The first-order chi connectivity index (χ1) is 19.3. The molecule has 1 saturated heterocycles. The Hall–Kier alpha value is 2.20. The summed E-state index contributed by atoms with van der Waals surface area (Å²) in [4.78, 5) is 31.8. The van der Waals surface area contributed by atoms with Crippen LogP contribution in [0.25, 0.3) is 0 Å². The molecule has 23 heteroatoms. The molecule has 1 aliphatic heterocycles. The number of ether oxygens (including phenoxy) is 3. The molecular weight excluding hydrogens is 1180 g/mol. The molecule has 0 spiro atoms. The minimum Gasteiger partial charge on any atom is 0 e. The van der Waals surface area contributed by atoms with Gasteiger partial charge in [-0.1, -0.05) is 36.9 Å². The second-order valence-electron chi connectivity index (χ2n) is 7.53. The van der Waals surface area contributed by atoms with Gasteiger partial charge in [-0.2, -0.15) is 16.8 Å². The number of carbonyl (C=O) groups excluding carboxylic acids is 2. The number of esters is 2. The van der Waals surface area contributed by atoms with Crippen LogP contribution in [-0.2, 0) is 80.7 Å². The Kier molecular flexibility index (Phi) is 59.2. The van der Waals surface area contributed by atoms with Crippen LogP contribution < -0.4 is 0 Å². The summed E-state index contributed by atoms with van der Waals surface area (Å²) in [5.41, 5.74) is 0. The fourth-order valence-electron chi connectivity index (χ4n) is 1.10. The summed E-state index contributed by atoms with van der Waals surface area (Å²) in [6, 6.07) is 0. The van der Waals surface area contributed by atoms with Crippen LogP contribution in [0, 0.1) is 0 Å². The van der Waals surface area contributed by atoms with Crippen LogP contribution in [-0.4, -0.2) is 119 Å². The molecule has 15 nitrogen and oxygen atoms in total. The van der Waals surface area contributed by atoms with E-state index < -0.39 is 56.5 Å². The summed E-state index contributed by atoms with van der Waals surface area (Å²) in [6.07, 6.45) is -0.274. The van der Waals surface area contributed by atoms with E-state index in [0.29, 0.717) is 12.5 Å². The van der Waals surface area contributed by atoms with Crippen LogP contribution in [0.2, 0.25) is 0 Å². The van der Waals surface area contributed by atoms with Crippen LogP contribution in [0.1, 0.15) is 55.4 Å². The molecule has 1 aliphatic rings. The molecule has 0 aromatic heterocycles. The van der Waals surface area contributed by atoms with Crippen molar-refractivity contribution in [2.24, 2.45) is 0 Å². The Bertz CT molecular complexity index is 905. The predicted octanol–water partition coefficient (Wildman–Crippen LogP) is 4.02. The van der Waals surface area contributed by atoms with Gasteiger partial charge in [0.05, 0.1) is 45.5 Å². The van der Waals surface area contributed by atoms with E-state index in [1.165, 1.54) is 27.9 Å². The number of carbonyl (C=O) groups is 3. The zero-order valence-electron chi connectivity index (χ0n) is 26.3. The maximum atomic E-state index is 10.6. The number of aliphatic carboxylic acids is 1. The maximum absolute atomic E-state index is 10.6. The number of hydrogen-bond donors (Lipinski definition) is 3. The van der Waals surface area contributed by atoms with Crippen molar-refractivity contribution in [3.05, 3.63) is 0 Å². The van der Waals surface area contributed by atoms with E-state index in [1.807, 2.05) is 11.9 Å². The van der Waals surface area contributed by atoms with E-state index in [2.05, 4.69) is 107 Å². The summed E-state index contributed by atoms with van der Waals surface area (Å²) in [5.74, 6) is -2.49. The number of epoxide rings is 1. The number of methoxy groups -OCH3 is 2. The molecule has 5 atom stereocenters. The molecular formula is C22H49I4O15S2V2. The van der Waals surface area contributed by atoms with Crippen molar-refractivity contribution in [3.63, 3.8) is 0 Å². The molecule has 0 aliphatic carbocycles. The van der Waals surface area contributed by atoms with Gasteiger partial charge >= 0.3 is 82.8 Å². The summed E-state index contributed by atoms with van der Waals surface area (Å²) < 4.78 is 63.5. The largest absolute Gasteiger partial charge is 0 e. The predicted molar refractivity (Wildman–Crippen MR) is 200 cm³/mol. The molecule has 277 valence electrons. The number of aliphatic hydroxyl groups excluding tert-OH is 2. The molecule has 0 bridgehead atoms. The van der Waals surface area contributed by atoms with Crippen LogP contribution in [0.4, 0.5) is 0 Å². The van der Waals surface area contributed by atoms with Crippen LogP contribution in [0.5, 0.6) is 0 Å². The number of hydrogen-bond acceptors (Lipinski definition) is 14. The normalized spacial score (nSPS) is 14.8. The summed E-state index contributed by atoms with van der Waals surface area (Å²) in [5, 5.41) is 24.1. The van der Waals surface area contributed by atoms with Crippen LogP contribution >= 0.6 is 82.5 Å². The molecule has 45 heavy (non-hydrogen) atoms. The number of alkyl halides is 1. The fraction of sp³-hybridized carbons (Fsp3) is 0.864. The smallest absolute Gasteiger partial charge is 0 e. The quantitative estimate of drug-likeness (QED) is 0.103. The minimum atomic E-state index is -3.58. The Labute approximate surface area is 333 Å². The molecule has 1 heterocycles. The first kappa shape index (κ1) is 65.6. The Balaban J connectivity index is -0.0000000614. The molecule has 1 fully saturated rings. The van der Waals surface area contributed by atoms with Gasteiger partial charge in [0, 0.05) is 18.6 Å². The number of rotatable bonds is 8. The van der Waals surface area contributed by atoms with E-state index in [1.54, 1.807) is 6.92 Å². The average molecular weight is 1230 g/mol. The van der Waals surface area contributed by atoms with Gasteiger partial charge < -0.3 is 29.5 Å². The third kappa shape index (κ3) is 81.9. The van der Waals surface area contributed by atoms with Crippen molar-refractivity contribution >= 4 is 121 Å². The standard InChI is InChI=1S/C5H10O5S.C5H12O3S.C4H8O3.C3H6O3.C3H6O.CH3I.CH4.3HI.2V/c1-4(5(6)9-2)10-11(3,7)8;1-4-5(2)8-9(3,6)7;1-3(5)4(6)7-2;1-2(4)3(5)6;1-3-2-4-3;1-2;;;;;;/h4H,1-3H3;5H,4H2,1-3H3;3,5H,1-2H3;2,4H,1H3,(H,5,6);3H,2H2,1H3;1H3;1H4;3*1H;;/q;;;;;;;;;;;+3/p-3/t4-;5-;3-;2-;3-;;;;;;;/m00001......./s1. The van der Waals surface area contributed by atoms with Crippen molar-refractivity contribution in [1.29, 1.82) is 0 Å². The van der Waals surface area contributed by atoms with Gasteiger partial charge in [-0.15, -0.1) is 0 Å². The molecule has 0 unspecified atom stereocenters. The molecule has 0 aromatic carbocycles. The van der Waals surface area contributed by atoms with Gasteiger partial charge in [0.2, 0.25) is 0 Å². The number of carboxylic acid groups (broad SMARTS) is 1. The second-order valence-corrected chi connectivity index (χ2v) is 46.1. The van der Waals surface area contributed by atoms with Gasteiger partial charge in [0.15, 0.2) is 6.10 Å². The van der Waals surface area contributed by atoms with E-state index in [0.717, 1.165) is 26.2 Å². The topological polar surface area (TPSA) is 230 Å². The van der Waals surface area contributed by atoms with Gasteiger partial charge in [-0.25, -0.2) is 14.4 Å². The fourth-order valence-corrected chi connectivity index (χ4v) is 2.44. The van der Waals surface area contributed by atoms with Crippen molar-refractivity contribution in [2.75, 3.05) is 38.3 Å². The Morgan fingerprint density at radius 2 is 1.13 bits per heavy atom. The SMILES string of the molecule is C.CC[C@H](C)OS(C)(=O)=O.CI.COC(=O)[C@H](C)O.COC(=O)[C@H](C)OS(C)(=O)=O.C[C@@H]1CO1.C[C@H](O)C(=O)O.[I][V]([I])[I].[V]. The zero-order valence-corrected chi connectivity index (χ0v) is 39.3. The molecule has 3 N–H and O–H groups in total. The number of aliphatic hydroxyl groups is 2. The van der Waals surface area contributed by atoms with Crippen molar-refractivity contribution < 1.29 is 92.6 Å². The van der Waals surface area contributed by atoms with E-state index in [4.69, 9.17) is 20.1 Å². The number of halogens is 4. The van der Waals surface area contributed by atoms with Crippen molar-refractivity contribution in [2.45, 2.75) is 85.9 Å². The van der Waals surface area contributed by atoms with Gasteiger partial charge in [-0.05, 0) is 46.0 Å². The van der Waals surface area contributed by atoms with Gasteiger partial charge in [-0.3, -0.25) is 8.37 Å². The molecule has 1 rings (SSSR count). The summed E-state index contributed by atoms with van der Waals surface area (Å²) in [7, 11) is -4.43. The average Bonchev–Trinajstić information content (AvgIpc) is 3.65. The maximum Gasteiger partial charge on any atom is 0 e. The van der Waals surface area contributed by atoms with Gasteiger partial charge in [0.1, 0.15) is 12.2 Å². The minimum absolute atomic E-state index is 0. The monoisotopic (exact) mass is 1230 g/mol. The third-order valence-corrected chi connectivity index (χ3v) is 4.48. The van der Waals surface area contributed by atoms with E-state index in [9.17, 15) is 31.2 Å². The Morgan fingerprint density at radius 1 is 0.867 bits per heavy atom. The summed E-state index contributed by atoms with van der Waals surface area (Å²) >= 11 is 9.54. The molecule has 0 aromatic rings.